The standard InChI is InChI=1S/C16H15N3O/c1-11(2)12-3-5-13(6-4-12)16(20)14-9-18-19-8-7-17-10-15(14)19/h3-11H,1-2H3. The molecule has 0 bridgehead atoms. The van der Waals surface area contributed by atoms with Gasteiger partial charge in [0.05, 0.1) is 23.5 Å². The summed E-state index contributed by atoms with van der Waals surface area (Å²) in [6.07, 6.45) is 6.62. The second-order valence-corrected chi connectivity index (χ2v) is 5.07. The van der Waals surface area contributed by atoms with Crippen LogP contribution in [-0.2, 0) is 0 Å². The Labute approximate surface area is 117 Å². The number of nitrogens with zero attached hydrogens (tertiary/aromatic N) is 3. The highest BCUT2D eigenvalue weighted by atomic mass is 16.1. The smallest absolute Gasteiger partial charge is 0.196 e. The fraction of sp³-hybridized carbons (Fsp3) is 0.188. The predicted octanol–water partition coefficient (Wildman–Crippen LogP) is 3.08. The molecule has 0 saturated carbocycles. The topological polar surface area (TPSA) is 47.3 Å². The maximum atomic E-state index is 12.5. The van der Waals surface area contributed by atoms with Crippen molar-refractivity contribution in [3.05, 3.63) is 65.7 Å². The summed E-state index contributed by atoms with van der Waals surface area (Å²) in [7, 11) is 0. The van der Waals surface area contributed by atoms with Crippen LogP contribution in [0.5, 0.6) is 0 Å². The van der Waals surface area contributed by atoms with Gasteiger partial charge in [0.2, 0.25) is 0 Å². The first kappa shape index (κ1) is 12.5. The molecule has 0 aliphatic heterocycles. The molecule has 0 aliphatic rings. The molecule has 0 atom stereocenters. The van der Waals surface area contributed by atoms with Gasteiger partial charge in [-0.25, -0.2) is 4.52 Å². The lowest BCUT2D eigenvalue weighted by Crippen LogP contribution is -2.01. The molecule has 0 unspecified atom stereocenters. The zero-order chi connectivity index (χ0) is 14.1. The molecule has 0 radical (unpaired) electrons. The van der Waals surface area contributed by atoms with Crippen LogP contribution < -0.4 is 0 Å². The van der Waals surface area contributed by atoms with Gasteiger partial charge in [-0.3, -0.25) is 9.78 Å². The van der Waals surface area contributed by atoms with Crippen molar-refractivity contribution in [3.8, 4) is 0 Å². The van der Waals surface area contributed by atoms with Gasteiger partial charge in [-0.1, -0.05) is 38.1 Å². The van der Waals surface area contributed by atoms with E-state index in [1.165, 1.54) is 5.56 Å². The number of aromatic nitrogens is 3. The van der Waals surface area contributed by atoms with Crippen LogP contribution in [0.3, 0.4) is 0 Å². The Morgan fingerprint density at radius 1 is 1.15 bits per heavy atom. The first-order valence-electron chi connectivity index (χ1n) is 6.59. The van der Waals surface area contributed by atoms with E-state index in [0.717, 1.165) is 5.52 Å². The quantitative estimate of drug-likeness (QED) is 0.684. The van der Waals surface area contributed by atoms with Gasteiger partial charge in [0.15, 0.2) is 5.78 Å². The van der Waals surface area contributed by atoms with Crippen molar-refractivity contribution in [2.45, 2.75) is 19.8 Å². The maximum Gasteiger partial charge on any atom is 0.196 e. The highest BCUT2D eigenvalue weighted by Gasteiger charge is 2.14. The van der Waals surface area contributed by atoms with E-state index in [9.17, 15) is 4.79 Å². The molecule has 0 N–H and O–H groups in total. The monoisotopic (exact) mass is 265 g/mol. The zero-order valence-electron chi connectivity index (χ0n) is 11.4. The molecule has 0 aliphatic carbocycles. The van der Waals surface area contributed by atoms with Gasteiger partial charge in [-0.2, -0.15) is 5.10 Å². The van der Waals surface area contributed by atoms with Crippen LogP contribution in [0.1, 0.15) is 41.3 Å². The number of hydrogen-bond donors (Lipinski definition) is 0. The number of carbonyl (C=O) groups is 1. The second-order valence-electron chi connectivity index (χ2n) is 5.07. The predicted molar refractivity (Wildman–Crippen MR) is 77.0 cm³/mol. The van der Waals surface area contributed by atoms with E-state index in [1.807, 2.05) is 24.3 Å². The number of rotatable bonds is 3. The van der Waals surface area contributed by atoms with Crippen LogP contribution in [0.2, 0.25) is 0 Å². The van der Waals surface area contributed by atoms with E-state index in [1.54, 1.807) is 29.3 Å². The average molecular weight is 265 g/mol. The van der Waals surface area contributed by atoms with Gasteiger partial charge in [0.1, 0.15) is 0 Å². The van der Waals surface area contributed by atoms with Crippen LogP contribution >= 0.6 is 0 Å². The number of hydrogen-bond acceptors (Lipinski definition) is 3. The van der Waals surface area contributed by atoms with Gasteiger partial charge in [-0.05, 0) is 11.5 Å². The zero-order valence-corrected chi connectivity index (χ0v) is 11.4. The molecule has 3 rings (SSSR count). The Kier molecular flexibility index (Phi) is 3.06. The Morgan fingerprint density at radius 2 is 1.90 bits per heavy atom. The summed E-state index contributed by atoms with van der Waals surface area (Å²) in [5, 5.41) is 4.17. The molecule has 0 saturated heterocycles. The van der Waals surface area contributed by atoms with Crippen molar-refractivity contribution < 1.29 is 4.79 Å². The third-order valence-electron chi connectivity index (χ3n) is 3.41. The number of carbonyl (C=O) groups excluding carboxylic acids is 1. The molecule has 2 heterocycles. The summed E-state index contributed by atoms with van der Waals surface area (Å²) >= 11 is 0. The molecule has 4 nitrogen and oxygen atoms in total. The Morgan fingerprint density at radius 3 is 2.60 bits per heavy atom. The van der Waals surface area contributed by atoms with Gasteiger partial charge in [0.25, 0.3) is 0 Å². The van der Waals surface area contributed by atoms with Crippen LogP contribution in [0.15, 0.2) is 49.1 Å². The van der Waals surface area contributed by atoms with Crippen molar-refractivity contribution in [2.75, 3.05) is 0 Å². The van der Waals surface area contributed by atoms with Gasteiger partial charge in [-0.15, -0.1) is 0 Å². The van der Waals surface area contributed by atoms with E-state index >= 15 is 0 Å². The van der Waals surface area contributed by atoms with Gasteiger partial charge < -0.3 is 0 Å². The summed E-state index contributed by atoms with van der Waals surface area (Å²) in [5.74, 6) is 0.434. The lowest BCUT2D eigenvalue weighted by Gasteiger charge is -2.06. The number of benzene rings is 1. The van der Waals surface area contributed by atoms with Gasteiger partial charge >= 0.3 is 0 Å². The molecule has 4 heteroatoms. The highest BCUT2D eigenvalue weighted by Crippen LogP contribution is 2.18. The first-order valence-corrected chi connectivity index (χ1v) is 6.59. The number of fused-ring (bicyclic) bond motifs is 1. The maximum absolute atomic E-state index is 12.5. The molecular weight excluding hydrogens is 250 g/mol. The van der Waals surface area contributed by atoms with Crippen molar-refractivity contribution in [2.24, 2.45) is 0 Å². The Balaban J connectivity index is 2.00. The molecule has 20 heavy (non-hydrogen) atoms. The minimum atomic E-state index is -0.0247. The average Bonchev–Trinajstić information content (AvgIpc) is 2.90. The molecule has 100 valence electrons. The van der Waals surface area contributed by atoms with Crippen molar-refractivity contribution in [1.82, 2.24) is 14.6 Å². The number of ketones is 1. The normalized spacial score (nSPS) is 11.2. The SMILES string of the molecule is CC(C)c1ccc(C(=O)c2cnn3ccncc23)cc1. The van der Waals surface area contributed by atoms with Crippen molar-refractivity contribution >= 4 is 11.3 Å². The molecule has 0 amide bonds. The van der Waals surface area contributed by atoms with E-state index in [4.69, 9.17) is 0 Å². The summed E-state index contributed by atoms with van der Waals surface area (Å²) in [6, 6.07) is 7.75. The van der Waals surface area contributed by atoms with Crippen LogP contribution in [0.25, 0.3) is 5.52 Å². The van der Waals surface area contributed by atoms with Crippen LogP contribution in [-0.4, -0.2) is 20.4 Å². The summed E-state index contributed by atoms with van der Waals surface area (Å²) < 4.78 is 1.66. The minimum absolute atomic E-state index is 0.0247. The third-order valence-corrected chi connectivity index (χ3v) is 3.41. The highest BCUT2D eigenvalue weighted by molar-refractivity contribution is 6.12. The van der Waals surface area contributed by atoms with Crippen molar-refractivity contribution in [1.29, 1.82) is 0 Å². The first-order chi connectivity index (χ1) is 9.66. The molecular formula is C16H15N3O. The largest absolute Gasteiger partial charge is 0.288 e. The fourth-order valence-electron chi connectivity index (χ4n) is 2.18. The van der Waals surface area contributed by atoms with E-state index in [2.05, 4.69) is 23.9 Å². The molecule has 1 aromatic carbocycles. The van der Waals surface area contributed by atoms with E-state index in [-0.39, 0.29) is 5.78 Å². The molecule has 2 aromatic heterocycles. The van der Waals surface area contributed by atoms with Gasteiger partial charge in [0, 0.05) is 18.0 Å². The lowest BCUT2D eigenvalue weighted by molar-refractivity contribution is 0.104. The Hall–Kier alpha value is -2.49. The molecule has 0 fully saturated rings. The van der Waals surface area contributed by atoms with Crippen LogP contribution in [0.4, 0.5) is 0 Å². The summed E-state index contributed by atoms with van der Waals surface area (Å²) in [4.78, 5) is 16.6. The lowest BCUT2D eigenvalue weighted by atomic mass is 9.99. The minimum Gasteiger partial charge on any atom is -0.288 e. The summed E-state index contributed by atoms with van der Waals surface area (Å²) in [5.41, 5.74) is 3.21. The Bertz CT molecular complexity index is 757. The fourth-order valence-corrected chi connectivity index (χ4v) is 2.18. The third kappa shape index (κ3) is 2.09. The van der Waals surface area contributed by atoms with Crippen LogP contribution in [0, 0.1) is 0 Å². The van der Waals surface area contributed by atoms with E-state index in [0.29, 0.717) is 17.0 Å². The van der Waals surface area contributed by atoms with E-state index < -0.39 is 0 Å². The molecule has 3 aromatic rings. The van der Waals surface area contributed by atoms with Crippen molar-refractivity contribution in [3.63, 3.8) is 0 Å². The second kappa shape index (κ2) is 4.89. The summed E-state index contributed by atoms with van der Waals surface area (Å²) in [6.45, 7) is 4.27. The molecule has 0 spiro atoms.